The van der Waals surface area contributed by atoms with E-state index in [9.17, 15) is 18.0 Å². The molecular weight excluding hydrogens is 254 g/mol. The smallest absolute Gasteiger partial charge is 0.355 e. The Hall–Kier alpha value is -1.15. The van der Waals surface area contributed by atoms with E-state index in [0.717, 1.165) is 17.8 Å². The van der Waals surface area contributed by atoms with E-state index in [0.29, 0.717) is 0 Å². The highest BCUT2D eigenvalue weighted by molar-refractivity contribution is 8.16. The molecule has 0 bridgehead atoms. The van der Waals surface area contributed by atoms with E-state index < -0.39 is 31.7 Å². The summed E-state index contributed by atoms with van der Waals surface area (Å²) in [5, 5.41) is 7.80. The number of hydrogen-bond acceptors (Lipinski definition) is 5. The van der Waals surface area contributed by atoms with Crippen molar-refractivity contribution in [2.24, 2.45) is 4.40 Å². The molecule has 0 amide bonds. The number of carbonyl (C=O) groups excluding carboxylic acids is 1. The lowest BCUT2D eigenvalue weighted by Crippen LogP contribution is -2.08. The molecule has 1 N–H and O–H groups in total. The first-order valence-electron chi connectivity index (χ1n) is 4.25. The molecule has 8 heteroatoms. The number of sulfonamides is 1. The van der Waals surface area contributed by atoms with Crippen molar-refractivity contribution >= 4 is 38.6 Å². The van der Waals surface area contributed by atoms with E-state index in [1.54, 1.807) is 13.8 Å². The molecule has 0 aromatic heterocycles. The zero-order valence-corrected chi connectivity index (χ0v) is 10.1. The van der Waals surface area contributed by atoms with Crippen LogP contribution in [-0.2, 0) is 19.6 Å². The largest absolute Gasteiger partial charge is 0.476 e. The lowest BCUT2D eigenvalue weighted by Gasteiger charge is -2.02. The number of aliphatic carboxylic acids is 1. The molecule has 0 aliphatic carbocycles. The van der Waals surface area contributed by atoms with Crippen molar-refractivity contribution in [1.29, 1.82) is 0 Å². The van der Waals surface area contributed by atoms with Gasteiger partial charge in [0.05, 0.1) is 0 Å². The Balaban J connectivity index is 3.05. The number of carboxylic acid groups (broad SMARTS) is 1. The van der Waals surface area contributed by atoms with Crippen LogP contribution in [0.4, 0.5) is 0 Å². The van der Waals surface area contributed by atoms with Crippen LogP contribution in [0.5, 0.6) is 0 Å². The Morgan fingerprint density at radius 1 is 1.44 bits per heavy atom. The Kier molecular flexibility index (Phi) is 3.54. The van der Waals surface area contributed by atoms with Crippen molar-refractivity contribution in [3.63, 3.8) is 0 Å². The van der Waals surface area contributed by atoms with Crippen molar-refractivity contribution in [3.8, 4) is 0 Å². The normalized spacial score (nSPS) is 18.2. The lowest BCUT2D eigenvalue weighted by atomic mass is 10.3. The fraction of sp³-hybridized carbons (Fsp3) is 0.375. The van der Waals surface area contributed by atoms with E-state index >= 15 is 0 Å². The highest BCUT2D eigenvalue weighted by Gasteiger charge is 2.33. The van der Waals surface area contributed by atoms with Gasteiger partial charge in [-0.3, -0.25) is 4.79 Å². The number of carbonyl (C=O) groups is 2. The average Bonchev–Trinajstić information content (AvgIpc) is 2.40. The molecule has 16 heavy (non-hydrogen) atoms. The van der Waals surface area contributed by atoms with Gasteiger partial charge >= 0.3 is 5.97 Å². The average molecular weight is 263 g/mol. The third-order valence-corrected chi connectivity index (χ3v) is 3.86. The van der Waals surface area contributed by atoms with E-state index in [1.165, 1.54) is 0 Å². The summed E-state index contributed by atoms with van der Waals surface area (Å²) in [6, 6.07) is 0. The van der Waals surface area contributed by atoms with E-state index in [4.69, 9.17) is 5.11 Å². The van der Waals surface area contributed by atoms with Gasteiger partial charge in [-0.15, -0.1) is 0 Å². The third-order valence-electron chi connectivity index (χ3n) is 1.53. The SMILES string of the molecule is CC(C)SC(=O)C1=CC(C(=O)O)=NS1(=O)=O. The first-order valence-corrected chi connectivity index (χ1v) is 6.57. The molecule has 6 nitrogen and oxygen atoms in total. The molecule has 0 aromatic rings. The topological polar surface area (TPSA) is 101 Å². The van der Waals surface area contributed by atoms with E-state index in [-0.39, 0.29) is 5.25 Å². The molecule has 0 saturated heterocycles. The van der Waals surface area contributed by atoms with Gasteiger partial charge in [-0.25, -0.2) is 4.79 Å². The maximum absolute atomic E-state index is 11.5. The first-order chi connectivity index (χ1) is 7.24. The summed E-state index contributed by atoms with van der Waals surface area (Å²) in [7, 11) is -4.13. The fourth-order valence-corrected chi connectivity index (χ4v) is 2.96. The molecule has 0 saturated carbocycles. The van der Waals surface area contributed by atoms with Gasteiger partial charge in [-0.05, 0) is 6.08 Å². The summed E-state index contributed by atoms with van der Waals surface area (Å²) in [6.07, 6.45) is 0.787. The molecule has 0 unspecified atom stereocenters. The molecule has 1 rings (SSSR count). The van der Waals surface area contributed by atoms with Crippen LogP contribution in [0, 0.1) is 0 Å². The van der Waals surface area contributed by atoms with Gasteiger partial charge in [0.25, 0.3) is 10.0 Å². The second-order valence-corrected chi connectivity index (χ2v) is 6.34. The van der Waals surface area contributed by atoms with Gasteiger partial charge in [-0.1, -0.05) is 25.6 Å². The molecule has 0 atom stereocenters. The highest BCUT2D eigenvalue weighted by Crippen LogP contribution is 2.25. The standard InChI is InChI=1S/C8H9NO5S2/c1-4(2)15-8(12)6-3-5(7(10)11)9-16(6,13)14/h3-4H,1-2H3,(H,10,11). The third kappa shape index (κ3) is 2.70. The Morgan fingerprint density at radius 3 is 2.38 bits per heavy atom. The zero-order chi connectivity index (χ0) is 12.5. The number of thioether (sulfide) groups is 1. The number of hydrogen-bond donors (Lipinski definition) is 1. The van der Waals surface area contributed by atoms with E-state index in [2.05, 4.69) is 4.40 Å². The summed E-state index contributed by atoms with van der Waals surface area (Å²) < 4.78 is 25.7. The quantitative estimate of drug-likeness (QED) is 0.791. The summed E-state index contributed by atoms with van der Waals surface area (Å²) >= 11 is 0.815. The maximum atomic E-state index is 11.5. The van der Waals surface area contributed by atoms with Crippen LogP contribution in [0.1, 0.15) is 13.8 Å². The second kappa shape index (κ2) is 4.38. The first kappa shape index (κ1) is 12.9. The fourth-order valence-electron chi connectivity index (χ4n) is 0.941. The number of nitrogens with zero attached hydrogens (tertiary/aromatic N) is 1. The van der Waals surface area contributed by atoms with Crippen molar-refractivity contribution < 1.29 is 23.1 Å². The van der Waals surface area contributed by atoms with Gasteiger partial charge in [-0.2, -0.15) is 12.8 Å². The molecule has 1 aliphatic rings. The highest BCUT2D eigenvalue weighted by atomic mass is 32.2. The Morgan fingerprint density at radius 2 is 2.00 bits per heavy atom. The molecule has 0 aromatic carbocycles. The van der Waals surface area contributed by atoms with E-state index in [1.807, 2.05) is 0 Å². The predicted molar refractivity (Wildman–Crippen MR) is 59.8 cm³/mol. The molecule has 0 radical (unpaired) electrons. The molecule has 0 fully saturated rings. The van der Waals surface area contributed by atoms with Gasteiger partial charge in [0.2, 0.25) is 5.12 Å². The molecule has 1 heterocycles. The van der Waals surface area contributed by atoms with Gasteiger partial charge in [0.1, 0.15) is 4.91 Å². The van der Waals surface area contributed by atoms with Crippen LogP contribution in [0.15, 0.2) is 15.4 Å². The van der Waals surface area contributed by atoms with Crippen molar-refractivity contribution in [3.05, 3.63) is 11.0 Å². The molecular formula is C8H9NO5S2. The monoisotopic (exact) mass is 263 g/mol. The summed E-state index contributed by atoms with van der Waals surface area (Å²) in [5.74, 6) is -1.47. The Labute approximate surface area is 96.5 Å². The van der Waals surface area contributed by atoms with Crippen molar-refractivity contribution in [1.82, 2.24) is 0 Å². The van der Waals surface area contributed by atoms with Gasteiger partial charge < -0.3 is 5.11 Å². The minimum Gasteiger partial charge on any atom is -0.476 e. The lowest BCUT2D eigenvalue weighted by molar-refractivity contribution is -0.129. The second-order valence-electron chi connectivity index (χ2n) is 3.22. The molecule has 0 spiro atoms. The zero-order valence-electron chi connectivity index (χ0n) is 8.50. The summed E-state index contributed by atoms with van der Waals surface area (Å²) in [4.78, 5) is 21.4. The predicted octanol–water partition coefficient (Wildman–Crippen LogP) is 0.408. The van der Waals surface area contributed by atoms with Crippen LogP contribution in [-0.4, -0.2) is 35.6 Å². The van der Waals surface area contributed by atoms with Gasteiger partial charge in [0, 0.05) is 5.25 Å². The van der Waals surface area contributed by atoms with Crippen molar-refractivity contribution in [2.75, 3.05) is 0 Å². The maximum Gasteiger partial charge on any atom is 0.355 e. The van der Waals surface area contributed by atoms with Crippen LogP contribution in [0.25, 0.3) is 0 Å². The molecule has 1 aliphatic heterocycles. The van der Waals surface area contributed by atoms with Crippen LogP contribution in [0.3, 0.4) is 0 Å². The van der Waals surface area contributed by atoms with Gasteiger partial charge in [0.15, 0.2) is 5.71 Å². The number of carboxylic acids is 1. The van der Waals surface area contributed by atoms with Crippen LogP contribution >= 0.6 is 11.8 Å². The minimum absolute atomic E-state index is 0.0857. The molecule has 88 valence electrons. The van der Waals surface area contributed by atoms with Crippen molar-refractivity contribution in [2.45, 2.75) is 19.1 Å². The minimum atomic E-state index is -4.13. The Bertz CT molecular complexity index is 501. The summed E-state index contributed by atoms with van der Waals surface area (Å²) in [5.41, 5.74) is -0.632. The van der Waals surface area contributed by atoms with Crippen LogP contribution < -0.4 is 0 Å². The van der Waals surface area contributed by atoms with Crippen LogP contribution in [0.2, 0.25) is 0 Å². The summed E-state index contributed by atoms with van der Waals surface area (Å²) in [6.45, 7) is 3.45. The number of rotatable bonds is 3.